The van der Waals surface area contributed by atoms with Gasteiger partial charge in [-0.15, -0.1) is 0 Å². The molecule has 0 saturated carbocycles. The smallest absolute Gasteiger partial charge is 0.331 e. The minimum Gasteiger partial charge on any atom is -0.479 e. The summed E-state index contributed by atoms with van der Waals surface area (Å²) < 4.78 is 2.01. The van der Waals surface area contributed by atoms with Crippen LogP contribution in [-0.2, 0) is 29.0 Å². The van der Waals surface area contributed by atoms with Gasteiger partial charge in [0.1, 0.15) is 0 Å². The predicted octanol–water partition coefficient (Wildman–Crippen LogP) is 3.30. The number of rotatable bonds is 6. The van der Waals surface area contributed by atoms with Gasteiger partial charge < -0.3 is 10.0 Å². The Labute approximate surface area is 166 Å². The normalized spacial score (nSPS) is 16.3. The van der Waals surface area contributed by atoms with Crippen LogP contribution < -0.4 is 0 Å². The first-order chi connectivity index (χ1) is 13.3. The quantitative estimate of drug-likeness (QED) is 0.830. The number of carbonyl (C=O) groups is 2. The van der Waals surface area contributed by atoms with Crippen molar-refractivity contribution in [1.29, 1.82) is 0 Å². The van der Waals surface area contributed by atoms with Crippen LogP contribution in [0.2, 0.25) is 0 Å². The van der Waals surface area contributed by atoms with Crippen LogP contribution >= 0.6 is 0 Å². The lowest BCUT2D eigenvalue weighted by Gasteiger charge is -2.34. The standard InChI is InChI=1S/C22H29N3O3/c1-14(2)13-25-16(4)18(15(3)23-25)9-10-20(26)24-12-11-17-7-5-6-8-19(17)21(24)22(27)28/h5-8,14,21H,9-13H2,1-4H3,(H,27,28). The third kappa shape index (κ3) is 3.96. The van der Waals surface area contributed by atoms with E-state index in [0.29, 0.717) is 31.7 Å². The Morgan fingerprint density at radius 3 is 2.64 bits per heavy atom. The first-order valence-electron chi connectivity index (χ1n) is 9.92. The molecule has 0 saturated heterocycles. The molecule has 2 aromatic rings. The van der Waals surface area contributed by atoms with Gasteiger partial charge in [-0.05, 0) is 49.3 Å². The van der Waals surface area contributed by atoms with Crippen molar-refractivity contribution in [3.8, 4) is 0 Å². The van der Waals surface area contributed by atoms with Gasteiger partial charge in [-0.1, -0.05) is 38.1 Å². The number of fused-ring (bicyclic) bond motifs is 1. The number of hydrogen-bond donors (Lipinski definition) is 1. The monoisotopic (exact) mass is 383 g/mol. The number of amides is 1. The van der Waals surface area contributed by atoms with Gasteiger partial charge in [-0.3, -0.25) is 9.48 Å². The second-order valence-corrected chi connectivity index (χ2v) is 8.00. The molecule has 3 rings (SSSR count). The third-order valence-electron chi connectivity index (χ3n) is 5.50. The Bertz CT molecular complexity index is 885. The SMILES string of the molecule is Cc1nn(CC(C)C)c(C)c1CCC(=O)N1CCc2ccccc2C1C(=O)O. The molecule has 1 unspecified atom stereocenters. The topological polar surface area (TPSA) is 75.4 Å². The van der Waals surface area contributed by atoms with Crippen molar-refractivity contribution in [1.82, 2.24) is 14.7 Å². The Kier molecular flexibility index (Phi) is 5.87. The largest absolute Gasteiger partial charge is 0.479 e. The predicted molar refractivity (Wildman–Crippen MR) is 107 cm³/mol. The van der Waals surface area contributed by atoms with Gasteiger partial charge in [0.05, 0.1) is 5.69 Å². The van der Waals surface area contributed by atoms with Gasteiger partial charge in [0.2, 0.25) is 5.91 Å². The highest BCUT2D eigenvalue weighted by Gasteiger charge is 2.35. The fourth-order valence-electron chi connectivity index (χ4n) is 4.10. The summed E-state index contributed by atoms with van der Waals surface area (Å²) in [6, 6.07) is 6.61. The van der Waals surface area contributed by atoms with Crippen molar-refractivity contribution in [3.63, 3.8) is 0 Å². The first kappa shape index (κ1) is 20.1. The fourth-order valence-corrected chi connectivity index (χ4v) is 4.10. The van der Waals surface area contributed by atoms with Crippen molar-refractivity contribution in [2.24, 2.45) is 5.92 Å². The maximum Gasteiger partial charge on any atom is 0.331 e. The molecule has 1 aromatic carbocycles. The average molecular weight is 383 g/mol. The Hall–Kier alpha value is -2.63. The van der Waals surface area contributed by atoms with E-state index in [-0.39, 0.29) is 5.91 Å². The van der Waals surface area contributed by atoms with Crippen molar-refractivity contribution < 1.29 is 14.7 Å². The van der Waals surface area contributed by atoms with E-state index in [1.807, 2.05) is 42.8 Å². The molecule has 1 aliphatic rings. The summed E-state index contributed by atoms with van der Waals surface area (Å²) in [6.45, 7) is 9.61. The van der Waals surface area contributed by atoms with E-state index in [1.54, 1.807) is 0 Å². The number of carboxylic acid groups (broad SMARTS) is 1. The second kappa shape index (κ2) is 8.17. The number of hydrogen-bond acceptors (Lipinski definition) is 3. The lowest BCUT2D eigenvalue weighted by molar-refractivity contribution is -0.151. The Morgan fingerprint density at radius 1 is 1.25 bits per heavy atom. The highest BCUT2D eigenvalue weighted by Crippen LogP contribution is 2.30. The number of carboxylic acids is 1. The lowest BCUT2D eigenvalue weighted by Crippen LogP contribution is -2.43. The van der Waals surface area contributed by atoms with Crippen molar-refractivity contribution >= 4 is 11.9 Å². The summed E-state index contributed by atoms with van der Waals surface area (Å²) in [5, 5.41) is 14.4. The molecule has 1 N–H and O–H groups in total. The highest BCUT2D eigenvalue weighted by molar-refractivity contribution is 5.85. The number of aliphatic carboxylic acids is 1. The van der Waals surface area contributed by atoms with Crippen LogP contribution in [-0.4, -0.2) is 38.2 Å². The van der Waals surface area contributed by atoms with Crippen LogP contribution in [0.5, 0.6) is 0 Å². The van der Waals surface area contributed by atoms with Gasteiger partial charge >= 0.3 is 5.97 Å². The van der Waals surface area contributed by atoms with E-state index in [4.69, 9.17) is 0 Å². The summed E-state index contributed by atoms with van der Waals surface area (Å²) in [4.78, 5) is 26.4. The maximum atomic E-state index is 12.9. The average Bonchev–Trinajstić information content (AvgIpc) is 2.91. The van der Waals surface area contributed by atoms with Crippen LogP contribution in [0.3, 0.4) is 0 Å². The molecule has 0 spiro atoms. The molecule has 2 heterocycles. The van der Waals surface area contributed by atoms with E-state index in [9.17, 15) is 14.7 Å². The van der Waals surface area contributed by atoms with E-state index in [2.05, 4.69) is 18.9 Å². The van der Waals surface area contributed by atoms with Crippen LogP contribution in [0.1, 0.15) is 54.4 Å². The summed E-state index contributed by atoms with van der Waals surface area (Å²) in [7, 11) is 0. The van der Waals surface area contributed by atoms with Gasteiger partial charge in [-0.25, -0.2) is 4.79 Å². The van der Waals surface area contributed by atoms with Crippen molar-refractivity contribution in [2.45, 2.75) is 59.5 Å². The van der Waals surface area contributed by atoms with Gasteiger partial charge in [-0.2, -0.15) is 5.10 Å². The van der Waals surface area contributed by atoms with Crippen molar-refractivity contribution in [3.05, 3.63) is 52.3 Å². The summed E-state index contributed by atoms with van der Waals surface area (Å²) in [5.41, 5.74) is 4.88. The summed E-state index contributed by atoms with van der Waals surface area (Å²) >= 11 is 0. The summed E-state index contributed by atoms with van der Waals surface area (Å²) in [5.74, 6) is -0.591. The molecule has 1 aromatic heterocycles. The zero-order valence-corrected chi connectivity index (χ0v) is 17.1. The molecule has 6 heteroatoms. The molecule has 1 atom stereocenters. The molecular weight excluding hydrogens is 354 g/mol. The zero-order valence-electron chi connectivity index (χ0n) is 17.1. The molecule has 0 bridgehead atoms. The fraction of sp³-hybridized carbons (Fsp3) is 0.500. The number of nitrogens with zero attached hydrogens (tertiary/aromatic N) is 3. The highest BCUT2D eigenvalue weighted by atomic mass is 16.4. The molecule has 1 amide bonds. The van der Waals surface area contributed by atoms with Crippen LogP contribution in [0.15, 0.2) is 24.3 Å². The molecule has 0 fully saturated rings. The Morgan fingerprint density at radius 2 is 1.96 bits per heavy atom. The lowest BCUT2D eigenvalue weighted by atomic mass is 9.92. The summed E-state index contributed by atoms with van der Waals surface area (Å²) in [6.07, 6.45) is 1.57. The Balaban J connectivity index is 1.75. The number of benzene rings is 1. The molecular formula is C22H29N3O3. The van der Waals surface area contributed by atoms with E-state index < -0.39 is 12.0 Å². The molecule has 150 valence electrons. The molecule has 0 radical (unpaired) electrons. The molecule has 28 heavy (non-hydrogen) atoms. The molecule has 0 aliphatic carbocycles. The molecule has 6 nitrogen and oxygen atoms in total. The van der Waals surface area contributed by atoms with Crippen LogP contribution in [0.4, 0.5) is 0 Å². The maximum absolute atomic E-state index is 12.9. The van der Waals surface area contributed by atoms with E-state index in [0.717, 1.165) is 34.6 Å². The molecule has 1 aliphatic heterocycles. The van der Waals surface area contributed by atoms with E-state index in [1.165, 1.54) is 4.90 Å². The minimum atomic E-state index is -0.974. The number of aromatic nitrogens is 2. The minimum absolute atomic E-state index is 0.114. The van der Waals surface area contributed by atoms with Gasteiger partial charge in [0.25, 0.3) is 0 Å². The van der Waals surface area contributed by atoms with Gasteiger partial charge in [0, 0.05) is 25.2 Å². The van der Waals surface area contributed by atoms with Crippen LogP contribution in [0.25, 0.3) is 0 Å². The number of aryl methyl sites for hydroxylation is 1. The first-order valence-corrected chi connectivity index (χ1v) is 9.92. The van der Waals surface area contributed by atoms with Gasteiger partial charge in [0.15, 0.2) is 6.04 Å². The third-order valence-corrected chi connectivity index (χ3v) is 5.50. The van der Waals surface area contributed by atoms with E-state index >= 15 is 0 Å². The van der Waals surface area contributed by atoms with Crippen molar-refractivity contribution in [2.75, 3.05) is 6.54 Å². The number of carbonyl (C=O) groups excluding carboxylic acids is 1. The van der Waals surface area contributed by atoms with Crippen LogP contribution in [0, 0.1) is 19.8 Å². The second-order valence-electron chi connectivity index (χ2n) is 8.00. The zero-order chi connectivity index (χ0) is 20.4.